The van der Waals surface area contributed by atoms with Crippen LogP contribution in [-0.4, -0.2) is 34.1 Å². The number of benzene rings is 2. The van der Waals surface area contributed by atoms with Crippen molar-refractivity contribution in [3.63, 3.8) is 0 Å². The van der Waals surface area contributed by atoms with Gasteiger partial charge in [0.1, 0.15) is 5.69 Å². The lowest BCUT2D eigenvalue weighted by Crippen LogP contribution is -2.43. The van der Waals surface area contributed by atoms with E-state index in [0.29, 0.717) is 10.9 Å². The van der Waals surface area contributed by atoms with Crippen LogP contribution in [-0.2, 0) is 5.54 Å². The first kappa shape index (κ1) is 21.1. The van der Waals surface area contributed by atoms with Gasteiger partial charge >= 0.3 is 0 Å². The second-order valence-electron chi connectivity index (χ2n) is 7.66. The number of aryl methyl sites for hydroxylation is 1. The minimum absolute atomic E-state index is 0.118. The number of hydrogen-bond acceptors (Lipinski definition) is 4. The first-order valence-corrected chi connectivity index (χ1v) is 10.8. The topological polar surface area (TPSA) is 46.1 Å². The molecule has 0 spiro atoms. The molecule has 1 amide bonds. The van der Waals surface area contributed by atoms with Gasteiger partial charge < -0.3 is 4.90 Å². The maximum absolute atomic E-state index is 13.6. The van der Waals surface area contributed by atoms with E-state index in [-0.39, 0.29) is 5.91 Å². The number of aromatic nitrogens is 2. The number of carbonyl (C=O) groups excluding carboxylic acids is 1. The zero-order valence-corrected chi connectivity index (χ0v) is 18.7. The third-order valence-electron chi connectivity index (χ3n) is 5.67. The highest BCUT2D eigenvalue weighted by Gasteiger charge is 2.32. The van der Waals surface area contributed by atoms with E-state index in [0.717, 1.165) is 22.3 Å². The Labute approximate surface area is 177 Å². The van der Waals surface area contributed by atoms with Crippen molar-refractivity contribution in [2.24, 2.45) is 0 Å². The number of nitrogens with zero attached hydrogens (tertiary/aromatic N) is 3. The van der Waals surface area contributed by atoms with Crippen LogP contribution in [0.2, 0.25) is 0 Å². The van der Waals surface area contributed by atoms with Gasteiger partial charge in [-0.05, 0) is 56.2 Å². The van der Waals surface area contributed by atoms with Crippen molar-refractivity contribution in [1.29, 1.82) is 0 Å². The lowest BCUT2D eigenvalue weighted by molar-refractivity contribution is 0.0616. The first-order valence-electron chi connectivity index (χ1n) is 9.58. The molecule has 3 rings (SSSR count). The fraction of sp³-hybridized carbons (Fsp3) is 0.292. The Bertz CT molecular complexity index is 1030. The molecule has 0 atom stereocenters. The lowest BCUT2D eigenvalue weighted by Gasteiger charge is -2.36. The average Bonchev–Trinajstić information content (AvgIpc) is 2.75. The summed E-state index contributed by atoms with van der Waals surface area (Å²) in [5, 5.41) is 0.591. The van der Waals surface area contributed by atoms with Gasteiger partial charge in [0.15, 0.2) is 5.16 Å². The zero-order chi connectivity index (χ0) is 21.2. The molecule has 0 aliphatic rings. The summed E-state index contributed by atoms with van der Waals surface area (Å²) in [6.07, 6.45) is 3.69. The number of rotatable bonds is 5. The summed E-state index contributed by atoms with van der Waals surface area (Å²) in [7, 11) is 1.84. The molecule has 0 aliphatic heterocycles. The summed E-state index contributed by atoms with van der Waals surface area (Å²) < 4.78 is 0. The van der Waals surface area contributed by atoms with Gasteiger partial charge in [-0.1, -0.05) is 60.3 Å². The van der Waals surface area contributed by atoms with Crippen molar-refractivity contribution in [2.45, 2.75) is 38.4 Å². The Kier molecular flexibility index (Phi) is 6.08. The van der Waals surface area contributed by atoms with Crippen LogP contribution in [0.3, 0.4) is 0 Å². The summed E-state index contributed by atoms with van der Waals surface area (Å²) in [5.41, 5.74) is 5.09. The molecule has 150 valence electrons. The molecule has 0 unspecified atom stereocenters. The normalized spacial score (nSPS) is 11.4. The van der Waals surface area contributed by atoms with Gasteiger partial charge in [-0.2, -0.15) is 0 Å². The summed E-state index contributed by atoms with van der Waals surface area (Å²) in [5.74, 6) is -0.118. The fourth-order valence-corrected chi connectivity index (χ4v) is 3.66. The Balaban J connectivity index is 2.11. The SMILES string of the molecule is CSc1ncc(-c2cccc(C)c2C)c(C(=O)N(C)C(C)(C)c2ccccc2)n1. The van der Waals surface area contributed by atoms with Crippen LogP contribution in [0.4, 0.5) is 0 Å². The van der Waals surface area contributed by atoms with Crippen molar-refractivity contribution in [3.8, 4) is 11.1 Å². The molecule has 4 nitrogen and oxygen atoms in total. The van der Waals surface area contributed by atoms with Gasteiger partial charge in [-0.15, -0.1) is 0 Å². The Morgan fingerprint density at radius 1 is 1.00 bits per heavy atom. The second kappa shape index (κ2) is 8.37. The van der Waals surface area contributed by atoms with E-state index in [1.54, 1.807) is 11.1 Å². The molecule has 2 aromatic carbocycles. The first-order chi connectivity index (χ1) is 13.8. The van der Waals surface area contributed by atoms with Gasteiger partial charge in [0.05, 0.1) is 5.54 Å². The van der Waals surface area contributed by atoms with Crippen LogP contribution in [0, 0.1) is 13.8 Å². The third kappa shape index (κ3) is 4.06. The van der Waals surface area contributed by atoms with E-state index in [2.05, 4.69) is 43.7 Å². The molecular weight excluding hydrogens is 378 g/mol. The molecule has 29 heavy (non-hydrogen) atoms. The van der Waals surface area contributed by atoms with Gasteiger partial charge in [-0.25, -0.2) is 9.97 Å². The number of amides is 1. The smallest absolute Gasteiger partial charge is 0.273 e. The van der Waals surface area contributed by atoms with Crippen molar-refractivity contribution in [2.75, 3.05) is 13.3 Å². The standard InChI is InChI=1S/C24H27N3OS/c1-16-11-10-14-19(17(16)2)20-15-25-23(29-6)26-21(20)22(28)27(5)24(3,4)18-12-8-7-9-13-18/h7-15H,1-6H3. The highest BCUT2D eigenvalue weighted by Crippen LogP contribution is 2.32. The molecule has 0 bridgehead atoms. The fourth-order valence-electron chi connectivity index (χ4n) is 3.32. The molecule has 0 fully saturated rings. The quantitative estimate of drug-likeness (QED) is 0.416. The summed E-state index contributed by atoms with van der Waals surface area (Å²) in [6.45, 7) is 8.24. The molecule has 0 aliphatic carbocycles. The monoisotopic (exact) mass is 405 g/mol. The van der Waals surface area contributed by atoms with Gasteiger partial charge in [0.2, 0.25) is 0 Å². The molecule has 1 heterocycles. The highest BCUT2D eigenvalue weighted by atomic mass is 32.2. The molecular formula is C24H27N3OS. The molecule has 0 radical (unpaired) electrons. The van der Waals surface area contributed by atoms with E-state index in [1.165, 1.54) is 17.3 Å². The van der Waals surface area contributed by atoms with Gasteiger partial charge in [0.25, 0.3) is 5.91 Å². The molecule has 0 saturated heterocycles. The maximum atomic E-state index is 13.6. The molecule has 5 heteroatoms. The highest BCUT2D eigenvalue weighted by molar-refractivity contribution is 7.98. The maximum Gasteiger partial charge on any atom is 0.273 e. The minimum Gasteiger partial charge on any atom is -0.331 e. The van der Waals surface area contributed by atoms with Crippen molar-refractivity contribution in [3.05, 3.63) is 77.1 Å². The number of carbonyl (C=O) groups is 1. The number of thioether (sulfide) groups is 1. The van der Waals surface area contributed by atoms with Crippen LogP contribution in [0.25, 0.3) is 11.1 Å². The van der Waals surface area contributed by atoms with Gasteiger partial charge in [0, 0.05) is 18.8 Å². The molecule has 3 aromatic rings. The summed E-state index contributed by atoms with van der Waals surface area (Å²) in [6, 6.07) is 16.2. The van der Waals surface area contributed by atoms with E-state index >= 15 is 0 Å². The summed E-state index contributed by atoms with van der Waals surface area (Å²) >= 11 is 1.43. The predicted octanol–water partition coefficient (Wildman–Crippen LogP) is 5.49. The predicted molar refractivity (Wildman–Crippen MR) is 120 cm³/mol. The van der Waals surface area contributed by atoms with E-state index in [4.69, 9.17) is 0 Å². The molecule has 0 N–H and O–H groups in total. The molecule has 0 saturated carbocycles. The number of hydrogen-bond donors (Lipinski definition) is 0. The van der Waals surface area contributed by atoms with Crippen LogP contribution in [0.5, 0.6) is 0 Å². The zero-order valence-electron chi connectivity index (χ0n) is 17.9. The van der Waals surface area contributed by atoms with E-state index < -0.39 is 5.54 Å². The Morgan fingerprint density at radius 3 is 2.34 bits per heavy atom. The van der Waals surface area contributed by atoms with Crippen molar-refractivity contribution >= 4 is 17.7 Å². The Morgan fingerprint density at radius 2 is 1.69 bits per heavy atom. The van der Waals surface area contributed by atoms with Crippen molar-refractivity contribution in [1.82, 2.24) is 14.9 Å². The molecule has 1 aromatic heterocycles. The lowest BCUT2D eigenvalue weighted by atomic mass is 9.91. The van der Waals surface area contributed by atoms with Crippen LogP contribution >= 0.6 is 11.8 Å². The largest absolute Gasteiger partial charge is 0.331 e. The van der Waals surface area contributed by atoms with E-state index in [9.17, 15) is 4.79 Å². The van der Waals surface area contributed by atoms with Gasteiger partial charge in [-0.3, -0.25) is 4.79 Å². The minimum atomic E-state index is -0.484. The Hall–Kier alpha value is -2.66. The third-order valence-corrected chi connectivity index (χ3v) is 6.23. The average molecular weight is 406 g/mol. The van der Waals surface area contributed by atoms with Crippen LogP contribution < -0.4 is 0 Å². The van der Waals surface area contributed by atoms with Crippen molar-refractivity contribution < 1.29 is 4.79 Å². The van der Waals surface area contributed by atoms with E-state index in [1.807, 2.05) is 55.8 Å². The van der Waals surface area contributed by atoms with Crippen LogP contribution in [0.15, 0.2) is 59.9 Å². The van der Waals surface area contributed by atoms with Crippen LogP contribution in [0.1, 0.15) is 41.0 Å². The second-order valence-corrected chi connectivity index (χ2v) is 8.43. The summed E-state index contributed by atoms with van der Waals surface area (Å²) in [4.78, 5) is 24.5.